The second kappa shape index (κ2) is 4.95. The molecule has 0 aromatic carbocycles. The Morgan fingerprint density at radius 1 is 1.26 bits per heavy atom. The summed E-state index contributed by atoms with van der Waals surface area (Å²) < 4.78 is 5.66. The maximum absolute atomic E-state index is 11.3. The monoisotopic (exact) mass is 266 g/mol. The van der Waals surface area contributed by atoms with E-state index in [1.54, 1.807) is 26.0 Å². The molecule has 106 valence electrons. The summed E-state index contributed by atoms with van der Waals surface area (Å²) in [6, 6.07) is 3.35. The number of nitrogens with zero attached hydrogens (tertiary/aromatic N) is 1. The molecule has 5 N–H and O–H groups in total. The highest BCUT2D eigenvalue weighted by molar-refractivity contribution is 5.86. The Morgan fingerprint density at radius 3 is 2.32 bits per heavy atom. The molecule has 0 aliphatic carbocycles. The molecular formula is C13H22N4O2. The van der Waals surface area contributed by atoms with Crippen LogP contribution in [-0.2, 0) is 4.79 Å². The summed E-state index contributed by atoms with van der Waals surface area (Å²) in [6.45, 7) is 9.07. The number of ether oxygens (including phenoxy) is 1. The average Bonchev–Trinajstić information content (AvgIpc) is 2.20. The van der Waals surface area contributed by atoms with E-state index in [0.717, 1.165) is 0 Å². The Morgan fingerprint density at radius 2 is 1.84 bits per heavy atom. The molecule has 1 amide bonds. The van der Waals surface area contributed by atoms with Gasteiger partial charge in [-0.15, -0.1) is 0 Å². The van der Waals surface area contributed by atoms with E-state index < -0.39 is 17.0 Å². The van der Waals surface area contributed by atoms with Gasteiger partial charge in [0.2, 0.25) is 11.8 Å². The molecule has 0 bridgehead atoms. The number of nitrogens with two attached hydrogens (primary N) is 2. The minimum absolute atomic E-state index is 0.331. The van der Waals surface area contributed by atoms with E-state index >= 15 is 0 Å². The number of nitrogen functional groups attached to an aromatic ring is 1. The largest absolute Gasteiger partial charge is 0.470 e. The van der Waals surface area contributed by atoms with Crippen LogP contribution in [0.2, 0.25) is 0 Å². The molecular weight excluding hydrogens is 244 g/mol. The molecule has 6 nitrogen and oxygen atoms in total. The number of carbonyl (C=O) groups is 1. The molecule has 6 heteroatoms. The molecule has 0 atom stereocenters. The van der Waals surface area contributed by atoms with Crippen LogP contribution in [0.3, 0.4) is 0 Å². The molecule has 0 fully saturated rings. The number of anilines is 2. The zero-order chi connectivity index (χ0) is 14.8. The Kier molecular flexibility index (Phi) is 3.93. The van der Waals surface area contributed by atoms with Gasteiger partial charge in [-0.1, -0.05) is 0 Å². The van der Waals surface area contributed by atoms with Gasteiger partial charge in [0.05, 0.1) is 5.69 Å². The maximum Gasteiger partial charge on any atom is 0.242 e. The Hall–Kier alpha value is -1.98. The fourth-order valence-electron chi connectivity index (χ4n) is 1.27. The molecule has 0 aliphatic heterocycles. The number of hydrogen-bond donors (Lipinski definition) is 3. The fraction of sp³-hybridized carbons (Fsp3) is 0.538. The van der Waals surface area contributed by atoms with Crippen LogP contribution in [0.4, 0.5) is 11.5 Å². The van der Waals surface area contributed by atoms with Crippen LogP contribution in [0.25, 0.3) is 0 Å². The van der Waals surface area contributed by atoms with Crippen molar-refractivity contribution in [3.63, 3.8) is 0 Å². The SMILES string of the molecule is CC(C)(C)Oc1nc(NC(C)(C)C(N)=O)ccc1N. The summed E-state index contributed by atoms with van der Waals surface area (Å²) in [5.74, 6) is 0.347. The molecule has 19 heavy (non-hydrogen) atoms. The third kappa shape index (κ3) is 4.31. The predicted octanol–water partition coefficient (Wildman–Crippen LogP) is 1.52. The van der Waals surface area contributed by atoms with Crippen LogP contribution in [-0.4, -0.2) is 22.0 Å². The molecule has 1 aromatic rings. The highest BCUT2D eigenvalue weighted by atomic mass is 16.5. The molecule has 1 rings (SSSR count). The van der Waals surface area contributed by atoms with Crippen LogP contribution >= 0.6 is 0 Å². The van der Waals surface area contributed by atoms with Gasteiger partial charge in [-0.2, -0.15) is 4.98 Å². The Balaban J connectivity index is 3.00. The second-order valence-electron chi connectivity index (χ2n) is 5.92. The van der Waals surface area contributed by atoms with Crippen molar-refractivity contribution in [1.82, 2.24) is 4.98 Å². The van der Waals surface area contributed by atoms with Crippen molar-refractivity contribution in [3.05, 3.63) is 12.1 Å². The van der Waals surface area contributed by atoms with Gasteiger partial charge in [0.1, 0.15) is 17.0 Å². The van der Waals surface area contributed by atoms with E-state index in [-0.39, 0.29) is 0 Å². The number of hydrogen-bond acceptors (Lipinski definition) is 5. The zero-order valence-corrected chi connectivity index (χ0v) is 12.1. The first-order valence-corrected chi connectivity index (χ1v) is 6.05. The number of carbonyl (C=O) groups excluding carboxylic acids is 1. The highest BCUT2D eigenvalue weighted by Gasteiger charge is 2.25. The summed E-state index contributed by atoms with van der Waals surface area (Å²) in [6.07, 6.45) is 0. The van der Waals surface area contributed by atoms with Crippen LogP contribution < -0.4 is 21.5 Å². The third-order valence-electron chi connectivity index (χ3n) is 2.35. The molecule has 0 saturated carbocycles. The topological polar surface area (TPSA) is 103 Å². The van der Waals surface area contributed by atoms with Crippen molar-refractivity contribution in [2.45, 2.75) is 45.8 Å². The molecule has 1 aromatic heterocycles. The van der Waals surface area contributed by atoms with Gasteiger partial charge in [0.15, 0.2) is 0 Å². The summed E-state index contributed by atoms with van der Waals surface area (Å²) in [7, 11) is 0. The fourth-order valence-corrected chi connectivity index (χ4v) is 1.27. The molecule has 0 spiro atoms. The number of amides is 1. The molecule has 0 unspecified atom stereocenters. The number of nitrogens with one attached hydrogen (secondary N) is 1. The lowest BCUT2D eigenvalue weighted by molar-refractivity contribution is -0.121. The van der Waals surface area contributed by atoms with Crippen LogP contribution in [0.15, 0.2) is 12.1 Å². The summed E-state index contributed by atoms with van der Waals surface area (Å²) in [4.78, 5) is 15.5. The van der Waals surface area contributed by atoms with E-state index in [0.29, 0.717) is 17.4 Å². The molecule has 0 radical (unpaired) electrons. The van der Waals surface area contributed by atoms with Crippen molar-refractivity contribution in [3.8, 4) is 5.88 Å². The van der Waals surface area contributed by atoms with Crippen LogP contribution in [0.1, 0.15) is 34.6 Å². The van der Waals surface area contributed by atoms with Crippen molar-refractivity contribution in [2.75, 3.05) is 11.1 Å². The van der Waals surface area contributed by atoms with E-state index in [1.807, 2.05) is 20.8 Å². The highest BCUT2D eigenvalue weighted by Crippen LogP contribution is 2.26. The second-order valence-corrected chi connectivity index (χ2v) is 5.92. The quantitative estimate of drug-likeness (QED) is 0.766. The van der Waals surface area contributed by atoms with Gasteiger partial charge in [-0.3, -0.25) is 4.79 Å². The lowest BCUT2D eigenvalue weighted by Gasteiger charge is -2.25. The van der Waals surface area contributed by atoms with E-state index in [2.05, 4.69) is 10.3 Å². The van der Waals surface area contributed by atoms with Gasteiger partial charge in [-0.05, 0) is 46.8 Å². The van der Waals surface area contributed by atoms with E-state index in [9.17, 15) is 4.79 Å². The summed E-state index contributed by atoms with van der Waals surface area (Å²) in [5, 5.41) is 2.95. The standard InChI is InChI=1S/C13H22N4O2/c1-12(2,3)19-10-8(14)6-7-9(16-10)17-13(4,5)11(15)18/h6-7H,14H2,1-5H3,(H2,15,18)(H,16,17). The first-order chi connectivity index (χ1) is 8.51. The number of aromatic nitrogens is 1. The van der Waals surface area contributed by atoms with Gasteiger partial charge in [-0.25, -0.2) is 0 Å². The van der Waals surface area contributed by atoms with Crippen molar-refractivity contribution < 1.29 is 9.53 Å². The minimum atomic E-state index is -0.901. The van der Waals surface area contributed by atoms with Crippen LogP contribution in [0, 0.1) is 0 Å². The summed E-state index contributed by atoms with van der Waals surface area (Å²) >= 11 is 0. The third-order valence-corrected chi connectivity index (χ3v) is 2.35. The lowest BCUT2D eigenvalue weighted by Crippen LogP contribution is -2.45. The lowest BCUT2D eigenvalue weighted by atomic mass is 10.1. The summed E-state index contributed by atoms with van der Waals surface area (Å²) in [5.41, 5.74) is 10.3. The Bertz CT molecular complexity index is 478. The predicted molar refractivity (Wildman–Crippen MR) is 75.9 cm³/mol. The number of pyridine rings is 1. The first kappa shape index (κ1) is 15.1. The molecule has 0 aliphatic rings. The number of primary amides is 1. The van der Waals surface area contributed by atoms with E-state index in [4.69, 9.17) is 16.2 Å². The smallest absolute Gasteiger partial charge is 0.242 e. The molecule has 0 saturated heterocycles. The van der Waals surface area contributed by atoms with Crippen LogP contribution in [0.5, 0.6) is 5.88 Å². The minimum Gasteiger partial charge on any atom is -0.470 e. The average molecular weight is 266 g/mol. The van der Waals surface area contributed by atoms with Gasteiger partial charge < -0.3 is 21.5 Å². The first-order valence-electron chi connectivity index (χ1n) is 6.05. The van der Waals surface area contributed by atoms with Gasteiger partial charge in [0, 0.05) is 0 Å². The zero-order valence-electron chi connectivity index (χ0n) is 12.1. The van der Waals surface area contributed by atoms with Crippen molar-refractivity contribution >= 4 is 17.4 Å². The van der Waals surface area contributed by atoms with Crippen molar-refractivity contribution in [1.29, 1.82) is 0 Å². The Labute approximate surface area is 113 Å². The van der Waals surface area contributed by atoms with Gasteiger partial charge >= 0.3 is 0 Å². The normalized spacial score (nSPS) is 12.1. The number of rotatable bonds is 4. The van der Waals surface area contributed by atoms with E-state index in [1.165, 1.54) is 0 Å². The van der Waals surface area contributed by atoms with Crippen molar-refractivity contribution in [2.24, 2.45) is 5.73 Å². The van der Waals surface area contributed by atoms with Gasteiger partial charge in [0.25, 0.3) is 0 Å². The molecule has 1 heterocycles. The maximum atomic E-state index is 11.3.